The van der Waals surface area contributed by atoms with Crippen LogP contribution in [0.3, 0.4) is 0 Å². The molecule has 1 aliphatic carbocycles. The number of rotatable bonds is 4. The highest BCUT2D eigenvalue weighted by Crippen LogP contribution is 2.23. The van der Waals surface area contributed by atoms with Gasteiger partial charge in [-0.25, -0.2) is 0 Å². The van der Waals surface area contributed by atoms with Crippen LogP contribution in [0.4, 0.5) is 0 Å². The monoisotopic (exact) mass is 240 g/mol. The van der Waals surface area contributed by atoms with E-state index in [0.717, 1.165) is 32.1 Å². The summed E-state index contributed by atoms with van der Waals surface area (Å²) in [6.45, 7) is 7.49. The minimum Gasteiger partial charge on any atom is -0.393 e. The molecule has 0 aromatic rings. The van der Waals surface area contributed by atoms with E-state index in [0.29, 0.717) is 12.0 Å². The van der Waals surface area contributed by atoms with Crippen LogP contribution >= 0.6 is 0 Å². The first-order valence-corrected chi connectivity index (χ1v) is 7.35. The number of likely N-dealkylation sites (tertiary alicyclic amines) is 1. The van der Waals surface area contributed by atoms with Gasteiger partial charge in [-0.1, -0.05) is 19.8 Å². The van der Waals surface area contributed by atoms with Gasteiger partial charge in [-0.3, -0.25) is 0 Å². The molecule has 2 fully saturated rings. The van der Waals surface area contributed by atoms with Crippen molar-refractivity contribution in [3.05, 3.63) is 0 Å². The molecule has 0 amide bonds. The highest BCUT2D eigenvalue weighted by Gasteiger charge is 2.30. The van der Waals surface area contributed by atoms with Crippen molar-refractivity contribution < 1.29 is 5.11 Å². The number of aliphatic hydroxyl groups excluding tert-OH is 1. The third-order valence-electron chi connectivity index (χ3n) is 4.51. The van der Waals surface area contributed by atoms with Crippen molar-refractivity contribution in [1.29, 1.82) is 0 Å². The number of likely N-dealkylation sites (N-methyl/N-ethyl adjacent to an activating group) is 1. The van der Waals surface area contributed by atoms with Gasteiger partial charge in [0.15, 0.2) is 0 Å². The number of hydrogen-bond donors (Lipinski definition) is 2. The molecule has 0 radical (unpaired) electrons. The van der Waals surface area contributed by atoms with Crippen molar-refractivity contribution in [2.24, 2.45) is 5.92 Å². The molecule has 1 saturated heterocycles. The number of piperidine rings is 1. The molecule has 3 unspecified atom stereocenters. The van der Waals surface area contributed by atoms with Crippen LogP contribution in [0.2, 0.25) is 0 Å². The normalized spacial score (nSPS) is 34.1. The molecule has 2 aliphatic rings. The van der Waals surface area contributed by atoms with E-state index in [1.807, 2.05) is 6.92 Å². The molecule has 2 N–H and O–H groups in total. The fraction of sp³-hybridized carbons (Fsp3) is 1.00. The Morgan fingerprint density at radius 1 is 1.24 bits per heavy atom. The minimum atomic E-state index is -0.169. The Labute approximate surface area is 106 Å². The van der Waals surface area contributed by atoms with Crippen molar-refractivity contribution in [2.45, 2.75) is 64.1 Å². The Bertz CT molecular complexity index is 224. The number of aliphatic hydroxyl groups is 1. The quantitative estimate of drug-likeness (QED) is 0.783. The van der Waals surface area contributed by atoms with Gasteiger partial charge >= 0.3 is 0 Å². The van der Waals surface area contributed by atoms with Crippen molar-refractivity contribution in [2.75, 3.05) is 19.6 Å². The topological polar surface area (TPSA) is 35.5 Å². The van der Waals surface area contributed by atoms with Crippen molar-refractivity contribution in [3.63, 3.8) is 0 Å². The third kappa shape index (κ3) is 3.67. The second-order valence-corrected chi connectivity index (χ2v) is 5.93. The van der Waals surface area contributed by atoms with Crippen LogP contribution in [0.1, 0.15) is 46.0 Å². The lowest BCUT2D eigenvalue weighted by Gasteiger charge is -2.40. The van der Waals surface area contributed by atoms with E-state index in [1.165, 1.54) is 25.7 Å². The zero-order valence-electron chi connectivity index (χ0n) is 11.4. The lowest BCUT2D eigenvalue weighted by atomic mass is 9.90. The van der Waals surface area contributed by atoms with E-state index in [1.54, 1.807) is 0 Å². The molecule has 1 saturated carbocycles. The van der Waals surface area contributed by atoms with E-state index in [2.05, 4.69) is 17.1 Å². The summed E-state index contributed by atoms with van der Waals surface area (Å²) in [6.07, 6.45) is 6.45. The van der Waals surface area contributed by atoms with Crippen LogP contribution < -0.4 is 5.32 Å². The SMILES string of the molecule is CCN1CC(NC2CCCC2)CC(C(C)O)C1. The molecule has 1 heterocycles. The van der Waals surface area contributed by atoms with Gasteiger partial charge in [0.2, 0.25) is 0 Å². The summed E-state index contributed by atoms with van der Waals surface area (Å²) in [5.74, 6) is 0.447. The first kappa shape index (κ1) is 13.3. The van der Waals surface area contributed by atoms with Crippen LogP contribution in [0.15, 0.2) is 0 Å². The average molecular weight is 240 g/mol. The Morgan fingerprint density at radius 2 is 1.94 bits per heavy atom. The molecule has 100 valence electrons. The van der Waals surface area contributed by atoms with E-state index in [4.69, 9.17) is 0 Å². The van der Waals surface area contributed by atoms with Crippen molar-refractivity contribution in [1.82, 2.24) is 10.2 Å². The van der Waals surface area contributed by atoms with Gasteiger partial charge in [-0.2, -0.15) is 0 Å². The van der Waals surface area contributed by atoms with E-state index in [-0.39, 0.29) is 6.10 Å². The maximum Gasteiger partial charge on any atom is 0.0553 e. The van der Waals surface area contributed by atoms with Gasteiger partial charge in [0, 0.05) is 25.2 Å². The summed E-state index contributed by atoms with van der Waals surface area (Å²) in [5, 5.41) is 13.6. The Kier molecular flexibility index (Phi) is 4.83. The number of nitrogens with one attached hydrogen (secondary N) is 1. The maximum absolute atomic E-state index is 9.81. The van der Waals surface area contributed by atoms with E-state index >= 15 is 0 Å². The lowest BCUT2D eigenvalue weighted by Crippen LogP contribution is -2.53. The molecule has 3 nitrogen and oxygen atoms in total. The third-order valence-corrected chi connectivity index (χ3v) is 4.51. The predicted molar refractivity (Wildman–Crippen MR) is 71.1 cm³/mol. The Morgan fingerprint density at radius 3 is 2.53 bits per heavy atom. The fourth-order valence-electron chi connectivity index (χ4n) is 3.39. The summed E-state index contributed by atoms with van der Waals surface area (Å²) in [7, 11) is 0. The molecule has 3 heteroatoms. The molecule has 0 spiro atoms. The zero-order chi connectivity index (χ0) is 12.3. The van der Waals surface area contributed by atoms with Gasteiger partial charge < -0.3 is 15.3 Å². The fourth-order valence-corrected chi connectivity index (χ4v) is 3.39. The van der Waals surface area contributed by atoms with Gasteiger partial charge in [0.1, 0.15) is 0 Å². The molecule has 3 atom stereocenters. The maximum atomic E-state index is 9.81. The first-order chi connectivity index (χ1) is 8.19. The van der Waals surface area contributed by atoms with Gasteiger partial charge in [0.25, 0.3) is 0 Å². The Balaban J connectivity index is 1.86. The second-order valence-electron chi connectivity index (χ2n) is 5.93. The smallest absolute Gasteiger partial charge is 0.0553 e. The Hall–Kier alpha value is -0.120. The highest BCUT2D eigenvalue weighted by molar-refractivity contribution is 4.88. The number of nitrogens with zero attached hydrogens (tertiary/aromatic N) is 1. The van der Waals surface area contributed by atoms with Gasteiger partial charge in [-0.05, 0) is 38.6 Å². The molecular weight excluding hydrogens is 212 g/mol. The van der Waals surface area contributed by atoms with Crippen molar-refractivity contribution in [3.8, 4) is 0 Å². The van der Waals surface area contributed by atoms with Crippen LogP contribution in [0.5, 0.6) is 0 Å². The standard InChI is InChI=1S/C14H28N2O/c1-3-16-9-12(11(2)17)8-14(10-16)15-13-6-4-5-7-13/h11-15,17H,3-10H2,1-2H3. The lowest BCUT2D eigenvalue weighted by molar-refractivity contribution is 0.0481. The molecule has 1 aliphatic heterocycles. The minimum absolute atomic E-state index is 0.169. The summed E-state index contributed by atoms with van der Waals surface area (Å²) >= 11 is 0. The van der Waals surface area contributed by atoms with Crippen LogP contribution in [-0.4, -0.2) is 47.8 Å². The summed E-state index contributed by atoms with van der Waals surface area (Å²) in [6, 6.07) is 1.33. The van der Waals surface area contributed by atoms with Crippen molar-refractivity contribution >= 4 is 0 Å². The molecule has 17 heavy (non-hydrogen) atoms. The van der Waals surface area contributed by atoms with E-state index < -0.39 is 0 Å². The summed E-state index contributed by atoms with van der Waals surface area (Å²) < 4.78 is 0. The van der Waals surface area contributed by atoms with Crippen LogP contribution in [-0.2, 0) is 0 Å². The highest BCUT2D eigenvalue weighted by atomic mass is 16.3. The summed E-state index contributed by atoms with van der Waals surface area (Å²) in [4.78, 5) is 2.48. The number of hydrogen-bond acceptors (Lipinski definition) is 3. The predicted octanol–water partition coefficient (Wildman–Crippen LogP) is 1.61. The van der Waals surface area contributed by atoms with Gasteiger partial charge in [-0.15, -0.1) is 0 Å². The second kappa shape index (κ2) is 6.17. The van der Waals surface area contributed by atoms with Gasteiger partial charge in [0.05, 0.1) is 6.10 Å². The molecule has 0 bridgehead atoms. The largest absolute Gasteiger partial charge is 0.393 e. The van der Waals surface area contributed by atoms with Crippen LogP contribution in [0, 0.1) is 5.92 Å². The summed E-state index contributed by atoms with van der Waals surface area (Å²) in [5.41, 5.74) is 0. The van der Waals surface area contributed by atoms with Crippen LogP contribution in [0.25, 0.3) is 0 Å². The zero-order valence-corrected chi connectivity index (χ0v) is 11.4. The average Bonchev–Trinajstić information content (AvgIpc) is 2.81. The van der Waals surface area contributed by atoms with E-state index in [9.17, 15) is 5.11 Å². The molecule has 0 aromatic carbocycles. The first-order valence-electron chi connectivity index (χ1n) is 7.35. The molecule has 2 rings (SSSR count). The molecular formula is C14H28N2O. The molecule has 0 aromatic heterocycles.